The molecule has 0 bridgehead atoms. The van der Waals surface area contributed by atoms with E-state index in [-0.39, 0.29) is 5.75 Å². The van der Waals surface area contributed by atoms with E-state index in [2.05, 4.69) is 15.2 Å². The molecule has 1 aromatic heterocycles. The number of aromatic hydroxyl groups is 1. The summed E-state index contributed by atoms with van der Waals surface area (Å²) < 4.78 is 5.15. The van der Waals surface area contributed by atoms with Crippen LogP contribution in [0, 0.1) is 6.92 Å². The molecular weight excluding hydrogens is 266 g/mol. The van der Waals surface area contributed by atoms with E-state index >= 15 is 0 Å². The van der Waals surface area contributed by atoms with Crippen molar-refractivity contribution in [1.29, 1.82) is 0 Å². The Hall–Kier alpha value is -2.82. The number of methoxy groups -OCH3 is 1. The molecule has 0 saturated heterocycles. The van der Waals surface area contributed by atoms with Crippen LogP contribution in [0.1, 0.15) is 5.56 Å². The summed E-state index contributed by atoms with van der Waals surface area (Å²) in [4.78, 5) is 3.04. The highest BCUT2D eigenvalue weighted by Crippen LogP contribution is 2.37. The van der Waals surface area contributed by atoms with Gasteiger partial charge in [0.2, 0.25) is 0 Å². The fourth-order valence-electron chi connectivity index (χ4n) is 2.12. The molecule has 2 aromatic carbocycles. The molecule has 0 spiro atoms. The van der Waals surface area contributed by atoms with Gasteiger partial charge in [-0.05, 0) is 36.8 Å². The second-order valence-electron chi connectivity index (χ2n) is 4.72. The quantitative estimate of drug-likeness (QED) is 0.688. The van der Waals surface area contributed by atoms with Crippen LogP contribution >= 0.6 is 0 Å². The van der Waals surface area contributed by atoms with Crippen molar-refractivity contribution in [2.45, 2.75) is 6.92 Å². The van der Waals surface area contributed by atoms with E-state index in [0.717, 1.165) is 16.8 Å². The Morgan fingerprint density at radius 1 is 1.10 bits per heavy atom. The van der Waals surface area contributed by atoms with E-state index < -0.39 is 0 Å². The molecule has 0 aliphatic heterocycles. The number of azo groups is 1. The molecular formula is C16H15N3O2. The molecule has 0 radical (unpaired) electrons. The monoisotopic (exact) mass is 281 g/mol. The molecule has 0 amide bonds. The number of benzene rings is 2. The third-order valence-corrected chi connectivity index (χ3v) is 3.33. The summed E-state index contributed by atoms with van der Waals surface area (Å²) in [5.74, 6) is 1.09. The van der Waals surface area contributed by atoms with Crippen LogP contribution in [0.5, 0.6) is 11.5 Å². The fraction of sp³-hybridized carbons (Fsp3) is 0.125. The molecule has 5 heteroatoms. The maximum atomic E-state index is 10.2. The van der Waals surface area contributed by atoms with Gasteiger partial charge in [-0.1, -0.05) is 18.2 Å². The molecule has 21 heavy (non-hydrogen) atoms. The van der Waals surface area contributed by atoms with Crippen LogP contribution in [0.25, 0.3) is 10.9 Å². The lowest BCUT2D eigenvalue weighted by molar-refractivity contribution is 0.415. The highest BCUT2D eigenvalue weighted by atomic mass is 16.5. The van der Waals surface area contributed by atoms with Crippen molar-refractivity contribution in [2.75, 3.05) is 7.11 Å². The van der Waals surface area contributed by atoms with Crippen LogP contribution in [0.2, 0.25) is 0 Å². The summed E-state index contributed by atoms with van der Waals surface area (Å²) in [5.41, 5.74) is 2.58. The molecule has 0 aliphatic rings. The van der Waals surface area contributed by atoms with Gasteiger partial charge in [-0.3, -0.25) is 0 Å². The van der Waals surface area contributed by atoms with Crippen molar-refractivity contribution in [1.82, 2.24) is 4.98 Å². The molecule has 0 fully saturated rings. The third kappa shape index (κ3) is 2.45. The van der Waals surface area contributed by atoms with E-state index in [9.17, 15) is 5.11 Å². The second-order valence-corrected chi connectivity index (χ2v) is 4.72. The number of hydrogen-bond acceptors (Lipinski definition) is 4. The van der Waals surface area contributed by atoms with Gasteiger partial charge in [-0.15, -0.1) is 10.2 Å². The van der Waals surface area contributed by atoms with Crippen molar-refractivity contribution in [3.63, 3.8) is 0 Å². The van der Waals surface area contributed by atoms with E-state index in [0.29, 0.717) is 17.0 Å². The van der Waals surface area contributed by atoms with Crippen LogP contribution < -0.4 is 4.74 Å². The van der Waals surface area contributed by atoms with E-state index in [1.54, 1.807) is 13.2 Å². The summed E-state index contributed by atoms with van der Waals surface area (Å²) in [5, 5.41) is 19.2. The Kier molecular flexibility index (Phi) is 3.31. The minimum atomic E-state index is 0.0706. The first-order valence-electron chi connectivity index (χ1n) is 6.55. The van der Waals surface area contributed by atoms with E-state index in [1.807, 2.05) is 43.3 Å². The highest BCUT2D eigenvalue weighted by molar-refractivity contribution is 5.92. The van der Waals surface area contributed by atoms with Crippen molar-refractivity contribution < 1.29 is 9.84 Å². The standard InChI is InChI=1S/C16H15N3O2/c1-10-5-3-4-6-13(10)18-19-16-15(20)12-9-11(21-2)7-8-14(12)17-16/h3-9,17,20H,1-2H3. The molecule has 0 aliphatic carbocycles. The van der Waals surface area contributed by atoms with Crippen molar-refractivity contribution in [3.05, 3.63) is 48.0 Å². The second kappa shape index (κ2) is 5.28. The zero-order valence-electron chi connectivity index (χ0n) is 11.8. The van der Waals surface area contributed by atoms with Gasteiger partial charge in [-0.2, -0.15) is 0 Å². The average Bonchev–Trinajstić information content (AvgIpc) is 2.82. The Morgan fingerprint density at radius 2 is 1.90 bits per heavy atom. The summed E-state index contributed by atoms with van der Waals surface area (Å²) in [6.07, 6.45) is 0. The van der Waals surface area contributed by atoms with E-state index in [4.69, 9.17) is 4.74 Å². The molecule has 0 atom stereocenters. The summed E-state index contributed by atoms with van der Waals surface area (Å²) in [6, 6.07) is 13.1. The Balaban J connectivity index is 2.01. The highest BCUT2D eigenvalue weighted by Gasteiger charge is 2.11. The SMILES string of the molecule is COc1ccc2[nH]c(N=Nc3ccccc3C)c(O)c2c1. The Morgan fingerprint density at radius 3 is 2.67 bits per heavy atom. The van der Waals surface area contributed by atoms with Gasteiger partial charge in [0.05, 0.1) is 18.3 Å². The number of ether oxygens (including phenoxy) is 1. The fourth-order valence-corrected chi connectivity index (χ4v) is 2.12. The molecule has 106 valence electrons. The predicted octanol–water partition coefficient (Wildman–Crippen LogP) is 4.61. The first-order valence-corrected chi connectivity index (χ1v) is 6.55. The summed E-state index contributed by atoms with van der Waals surface area (Å²) >= 11 is 0. The number of hydrogen-bond donors (Lipinski definition) is 2. The molecule has 2 N–H and O–H groups in total. The smallest absolute Gasteiger partial charge is 0.196 e. The maximum Gasteiger partial charge on any atom is 0.196 e. The number of rotatable bonds is 3. The normalized spacial score (nSPS) is 11.3. The lowest BCUT2D eigenvalue weighted by Crippen LogP contribution is -1.80. The third-order valence-electron chi connectivity index (χ3n) is 3.33. The van der Waals surface area contributed by atoms with Crippen molar-refractivity contribution in [2.24, 2.45) is 10.2 Å². The molecule has 3 aromatic rings. The number of aromatic amines is 1. The Labute approximate surface area is 121 Å². The first-order chi connectivity index (χ1) is 10.2. The lowest BCUT2D eigenvalue weighted by atomic mass is 10.2. The topological polar surface area (TPSA) is 70.0 Å². The van der Waals surface area contributed by atoms with Crippen LogP contribution in [-0.4, -0.2) is 17.2 Å². The van der Waals surface area contributed by atoms with Crippen molar-refractivity contribution >= 4 is 22.4 Å². The summed E-state index contributed by atoms with van der Waals surface area (Å²) in [6.45, 7) is 1.96. The van der Waals surface area contributed by atoms with Crippen LogP contribution in [0.4, 0.5) is 11.5 Å². The first kappa shape index (κ1) is 13.2. The molecule has 5 nitrogen and oxygen atoms in total. The number of nitrogens with one attached hydrogen (secondary N) is 1. The van der Waals surface area contributed by atoms with Gasteiger partial charge >= 0.3 is 0 Å². The molecule has 0 saturated carbocycles. The number of aryl methyl sites for hydroxylation is 1. The van der Waals surface area contributed by atoms with Crippen LogP contribution in [-0.2, 0) is 0 Å². The number of aromatic nitrogens is 1. The lowest BCUT2D eigenvalue weighted by Gasteiger charge is -1.98. The number of nitrogens with zero attached hydrogens (tertiary/aromatic N) is 2. The minimum absolute atomic E-state index is 0.0706. The van der Waals surface area contributed by atoms with Crippen LogP contribution in [0.15, 0.2) is 52.7 Å². The van der Waals surface area contributed by atoms with E-state index in [1.165, 1.54) is 0 Å². The molecule has 3 rings (SSSR count). The minimum Gasteiger partial charge on any atom is -0.504 e. The zero-order chi connectivity index (χ0) is 14.8. The van der Waals surface area contributed by atoms with Gasteiger partial charge in [0, 0.05) is 5.39 Å². The Bertz CT molecular complexity index is 822. The molecule has 1 heterocycles. The van der Waals surface area contributed by atoms with Crippen LogP contribution in [0.3, 0.4) is 0 Å². The van der Waals surface area contributed by atoms with Gasteiger partial charge in [0.1, 0.15) is 5.75 Å². The van der Waals surface area contributed by atoms with Gasteiger partial charge in [0.15, 0.2) is 11.6 Å². The van der Waals surface area contributed by atoms with Gasteiger partial charge in [-0.25, -0.2) is 0 Å². The molecule has 0 unspecified atom stereocenters. The largest absolute Gasteiger partial charge is 0.504 e. The average molecular weight is 281 g/mol. The van der Waals surface area contributed by atoms with Gasteiger partial charge in [0.25, 0.3) is 0 Å². The van der Waals surface area contributed by atoms with Gasteiger partial charge < -0.3 is 14.8 Å². The maximum absolute atomic E-state index is 10.2. The predicted molar refractivity (Wildman–Crippen MR) is 81.9 cm³/mol. The summed E-state index contributed by atoms with van der Waals surface area (Å²) in [7, 11) is 1.59. The van der Waals surface area contributed by atoms with Crippen molar-refractivity contribution in [3.8, 4) is 11.5 Å². The number of H-pyrrole nitrogens is 1. The number of fused-ring (bicyclic) bond motifs is 1. The zero-order valence-corrected chi connectivity index (χ0v) is 11.8.